The average molecular weight is 254 g/mol. The first kappa shape index (κ1) is 10.7. The molecule has 2 aromatic rings. The molecule has 0 bridgehead atoms. The zero-order chi connectivity index (χ0) is 11.8. The van der Waals surface area contributed by atoms with Crippen LogP contribution in [0.3, 0.4) is 0 Å². The zero-order valence-electron chi connectivity index (χ0n) is 9.30. The SMILES string of the molecule is CC1OCCC1Nc1cc(Cl)nc2ncnn12. The second-order valence-corrected chi connectivity index (χ2v) is 4.44. The van der Waals surface area contributed by atoms with Gasteiger partial charge in [-0.05, 0) is 13.3 Å². The van der Waals surface area contributed by atoms with Crippen molar-refractivity contribution in [1.29, 1.82) is 0 Å². The summed E-state index contributed by atoms with van der Waals surface area (Å²) in [6.45, 7) is 2.82. The Bertz CT molecular complexity index is 542. The van der Waals surface area contributed by atoms with Crippen LogP contribution in [0.15, 0.2) is 12.4 Å². The fraction of sp³-hybridized carbons (Fsp3) is 0.500. The molecule has 1 N–H and O–H groups in total. The number of anilines is 1. The first-order valence-electron chi connectivity index (χ1n) is 5.48. The smallest absolute Gasteiger partial charge is 0.255 e. The molecule has 0 radical (unpaired) electrons. The molecule has 0 aromatic carbocycles. The molecule has 1 saturated heterocycles. The first-order valence-corrected chi connectivity index (χ1v) is 5.86. The van der Waals surface area contributed by atoms with E-state index in [4.69, 9.17) is 16.3 Å². The number of hydrogen-bond acceptors (Lipinski definition) is 5. The number of hydrogen-bond donors (Lipinski definition) is 1. The average Bonchev–Trinajstić information content (AvgIpc) is 2.88. The lowest BCUT2D eigenvalue weighted by Crippen LogP contribution is -2.27. The summed E-state index contributed by atoms with van der Waals surface area (Å²) in [5.74, 6) is 1.28. The lowest BCUT2D eigenvalue weighted by molar-refractivity contribution is 0.121. The van der Waals surface area contributed by atoms with Gasteiger partial charge in [0.25, 0.3) is 5.78 Å². The van der Waals surface area contributed by atoms with E-state index in [1.165, 1.54) is 6.33 Å². The van der Waals surface area contributed by atoms with Crippen molar-refractivity contribution in [3.05, 3.63) is 17.5 Å². The summed E-state index contributed by atoms with van der Waals surface area (Å²) in [6.07, 6.45) is 2.61. The zero-order valence-corrected chi connectivity index (χ0v) is 10.1. The van der Waals surface area contributed by atoms with Crippen LogP contribution in [0.4, 0.5) is 5.82 Å². The van der Waals surface area contributed by atoms with Crippen molar-refractivity contribution in [2.24, 2.45) is 0 Å². The van der Waals surface area contributed by atoms with Crippen LogP contribution in [-0.4, -0.2) is 38.3 Å². The van der Waals surface area contributed by atoms with Gasteiger partial charge < -0.3 is 10.1 Å². The Morgan fingerprint density at radius 1 is 1.59 bits per heavy atom. The van der Waals surface area contributed by atoms with Gasteiger partial charge in [0.2, 0.25) is 0 Å². The Balaban J connectivity index is 1.96. The molecule has 1 aliphatic rings. The van der Waals surface area contributed by atoms with E-state index in [-0.39, 0.29) is 12.1 Å². The van der Waals surface area contributed by atoms with Gasteiger partial charge in [-0.1, -0.05) is 11.6 Å². The van der Waals surface area contributed by atoms with E-state index in [1.807, 2.05) is 6.92 Å². The third kappa shape index (κ3) is 1.94. The lowest BCUT2D eigenvalue weighted by atomic mass is 10.1. The summed E-state index contributed by atoms with van der Waals surface area (Å²) < 4.78 is 7.14. The molecule has 1 aliphatic heterocycles. The predicted octanol–water partition coefficient (Wildman–Crippen LogP) is 1.37. The van der Waals surface area contributed by atoms with Crippen LogP contribution in [0.25, 0.3) is 5.78 Å². The highest BCUT2D eigenvalue weighted by atomic mass is 35.5. The first-order chi connectivity index (χ1) is 8.24. The monoisotopic (exact) mass is 253 g/mol. The van der Waals surface area contributed by atoms with E-state index in [1.54, 1.807) is 10.6 Å². The minimum absolute atomic E-state index is 0.181. The van der Waals surface area contributed by atoms with Crippen LogP contribution in [0.5, 0.6) is 0 Å². The van der Waals surface area contributed by atoms with Crippen LogP contribution in [-0.2, 0) is 4.74 Å². The number of fused-ring (bicyclic) bond motifs is 1. The van der Waals surface area contributed by atoms with Crippen LogP contribution >= 0.6 is 11.6 Å². The van der Waals surface area contributed by atoms with Crippen molar-refractivity contribution in [2.45, 2.75) is 25.5 Å². The Morgan fingerprint density at radius 2 is 2.47 bits per heavy atom. The molecule has 6 nitrogen and oxygen atoms in total. The highest BCUT2D eigenvalue weighted by Gasteiger charge is 2.24. The normalized spacial score (nSPS) is 24.4. The Morgan fingerprint density at radius 3 is 3.24 bits per heavy atom. The molecule has 0 aliphatic carbocycles. The van der Waals surface area contributed by atoms with E-state index in [9.17, 15) is 0 Å². The second-order valence-electron chi connectivity index (χ2n) is 4.05. The van der Waals surface area contributed by atoms with Crippen molar-refractivity contribution in [3.8, 4) is 0 Å². The van der Waals surface area contributed by atoms with E-state index < -0.39 is 0 Å². The molecule has 2 unspecified atom stereocenters. The molecule has 2 aromatic heterocycles. The van der Waals surface area contributed by atoms with Crippen molar-refractivity contribution < 1.29 is 4.74 Å². The lowest BCUT2D eigenvalue weighted by Gasteiger charge is -2.17. The maximum absolute atomic E-state index is 5.94. The summed E-state index contributed by atoms with van der Waals surface area (Å²) in [4.78, 5) is 8.09. The molecule has 2 atom stereocenters. The van der Waals surface area contributed by atoms with Gasteiger partial charge in [0, 0.05) is 12.7 Å². The third-order valence-electron chi connectivity index (χ3n) is 2.93. The van der Waals surface area contributed by atoms with E-state index >= 15 is 0 Å². The molecule has 3 rings (SSSR count). The van der Waals surface area contributed by atoms with Gasteiger partial charge in [0.1, 0.15) is 17.3 Å². The van der Waals surface area contributed by atoms with E-state index in [0.717, 1.165) is 18.8 Å². The van der Waals surface area contributed by atoms with E-state index in [2.05, 4.69) is 20.4 Å². The highest BCUT2D eigenvalue weighted by Crippen LogP contribution is 2.20. The summed E-state index contributed by atoms with van der Waals surface area (Å²) in [7, 11) is 0. The maximum Gasteiger partial charge on any atom is 0.255 e. The van der Waals surface area contributed by atoms with Crippen LogP contribution in [0.1, 0.15) is 13.3 Å². The molecule has 7 heteroatoms. The Hall–Kier alpha value is -1.40. The standard InChI is InChI=1S/C10H12ClN5O/c1-6-7(2-3-17-6)14-9-4-8(11)15-10-12-5-13-16(9)10/h4-7,14H,2-3H2,1H3. The fourth-order valence-electron chi connectivity index (χ4n) is 2.00. The summed E-state index contributed by atoms with van der Waals surface area (Å²) in [5, 5.41) is 7.88. The fourth-order valence-corrected chi connectivity index (χ4v) is 2.18. The minimum Gasteiger partial charge on any atom is -0.376 e. The highest BCUT2D eigenvalue weighted by molar-refractivity contribution is 6.29. The number of aromatic nitrogens is 4. The van der Waals surface area contributed by atoms with Crippen LogP contribution in [0, 0.1) is 0 Å². The topological polar surface area (TPSA) is 64.3 Å². The third-order valence-corrected chi connectivity index (χ3v) is 3.12. The van der Waals surface area contributed by atoms with Crippen molar-refractivity contribution in [2.75, 3.05) is 11.9 Å². The minimum atomic E-state index is 0.181. The summed E-state index contributed by atoms with van der Waals surface area (Å²) in [6, 6.07) is 2.01. The molecular formula is C10H12ClN5O. The van der Waals surface area contributed by atoms with Crippen LogP contribution < -0.4 is 5.32 Å². The number of halogens is 1. The van der Waals surface area contributed by atoms with Gasteiger partial charge in [-0.25, -0.2) is 0 Å². The molecule has 90 valence electrons. The van der Waals surface area contributed by atoms with Crippen LogP contribution in [0.2, 0.25) is 5.15 Å². The second kappa shape index (κ2) is 4.12. The maximum atomic E-state index is 5.94. The largest absolute Gasteiger partial charge is 0.376 e. The van der Waals surface area contributed by atoms with Gasteiger partial charge >= 0.3 is 0 Å². The van der Waals surface area contributed by atoms with Crippen molar-refractivity contribution in [1.82, 2.24) is 19.6 Å². The summed E-state index contributed by atoms with van der Waals surface area (Å²) >= 11 is 5.94. The molecule has 17 heavy (non-hydrogen) atoms. The number of ether oxygens (including phenoxy) is 1. The molecule has 3 heterocycles. The quantitative estimate of drug-likeness (QED) is 0.819. The molecule has 0 spiro atoms. The van der Waals surface area contributed by atoms with E-state index in [0.29, 0.717) is 10.9 Å². The molecular weight excluding hydrogens is 242 g/mol. The molecule has 0 amide bonds. The molecule has 0 saturated carbocycles. The summed E-state index contributed by atoms with van der Waals surface area (Å²) in [5.41, 5.74) is 0. The van der Waals surface area contributed by atoms with Gasteiger partial charge in [0.15, 0.2) is 0 Å². The molecule has 1 fully saturated rings. The van der Waals surface area contributed by atoms with Gasteiger partial charge in [-0.2, -0.15) is 19.6 Å². The van der Waals surface area contributed by atoms with Crippen molar-refractivity contribution >= 4 is 23.2 Å². The number of rotatable bonds is 2. The Labute approximate surface area is 103 Å². The van der Waals surface area contributed by atoms with Gasteiger partial charge in [-0.3, -0.25) is 0 Å². The Kier molecular flexibility index (Phi) is 2.60. The predicted molar refractivity (Wildman–Crippen MR) is 63.2 cm³/mol. The van der Waals surface area contributed by atoms with Gasteiger partial charge in [-0.15, -0.1) is 0 Å². The number of nitrogens with one attached hydrogen (secondary N) is 1. The number of nitrogens with zero attached hydrogens (tertiary/aromatic N) is 4. The van der Waals surface area contributed by atoms with Crippen molar-refractivity contribution in [3.63, 3.8) is 0 Å². The van der Waals surface area contributed by atoms with Gasteiger partial charge in [0.05, 0.1) is 12.1 Å².